The van der Waals surface area contributed by atoms with Crippen LogP contribution >= 0.6 is 0 Å². The first-order valence-electron chi connectivity index (χ1n) is 7.56. The van der Waals surface area contributed by atoms with E-state index >= 15 is 0 Å². The lowest BCUT2D eigenvalue weighted by atomic mass is 9.98. The Morgan fingerprint density at radius 1 is 1.08 bits per heavy atom. The smallest absolute Gasteiger partial charge is 0.335 e. The van der Waals surface area contributed by atoms with E-state index < -0.39 is 12.1 Å². The van der Waals surface area contributed by atoms with Gasteiger partial charge in [-0.1, -0.05) is 65.8 Å². The maximum absolute atomic E-state index is 11.6. The van der Waals surface area contributed by atoms with Gasteiger partial charge in [0.05, 0.1) is 7.11 Å². The first-order chi connectivity index (χ1) is 11.7. The van der Waals surface area contributed by atoms with Gasteiger partial charge in [0, 0.05) is 23.1 Å². The number of carbonyl (C=O) groups excluding carboxylic acids is 1. The van der Waals surface area contributed by atoms with Gasteiger partial charge in [0.15, 0.2) is 11.9 Å². The molecule has 1 unspecified atom stereocenters. The summed E-state index contributed by atoms with van der Waals surface area (Å²) in [5.74, 6) is -0.147. The van der Waals surface area contributed by atoms with E-state index in [4.69, 9.17) is 4.52 Å². The molecule has 1 N–H and O–H groups in total. The number of hydrogen-bond acceptors (Lipinski definition) is 5. The predicted octanol–water partition coefficient (Wildman–Crippen LogP) is 3.09. The molecule has 0 saturated heterocycles. The van der Waals surface area contributed by atoms with Crippen molar-refractivity contribution >= 4 is 5.97 Å². The third kappa shape index (κ3) is 3.21. The highest BCUT2D eigenvalue weighted by molar-refractivity contribution is 5.78. The minimum absolute atomic E-state index is 0.0601. The predicted molar refractivity (Wildman–Crippen MR) is 89.1 cm³/mol. The summed E-state index contributed by atoms with van der Waals surface area (Å²) >= 11 is 0. The maximum atomic E-state index is 11.6. The molecule has 24 heavy (non-hydrogen) atoms. The van der Waals surface area contributed by atoms with Gasteiger partial charge < -0.3 is 14.4 Å². The van der Waals surface area contributed by atoms with Gasteiger partial charge in [-0.25, -0.2) is 4.79 Å². The number of nitrogens with zero attached hydrogens (tertiary/aromatic N) is 1. The van der Waals surface area contributed by atoms with Crippen LogP contribution in [0, 0.1) is 0 Å². The van der Waals surface area contributed by atoms with Crippen LogP contribution in [0.5, 0.6) is 0 Å². The van der Waals surface area contributed by atoms with E-state index in [9.17, 15) is 9.90 Å². The zero-order valence-corrected chi connectivity index (χ0v) is 13.2. The molecule has 0 aliphatic rings. The summed E-state index contributed by atoms with van der Waals surface area (Å²) in [4.78, 5) is 11.6. The van der Waals surface area contributed by atoms with Crippen LogP contribution in [-0.4, -0.2) is 29.4 Å². The fourth-order valence-electron chi connectivity index (χ4n) is 2.55. The van der Waals surface area contributed by atoms with Crippen molar-refractivity contribution < 1.29 is 19.2 Å². The molecule has 0 bridgehead atoms. The summed E-state index contributed by atoms with van der Waals surface area (Å²) in [6.07, 6.45) is -1.22. The van der Waals surface area contributed by atoms with Crippen molar-refractivity contribution in [2.75, 3.05) is 7.11 Å². The van der Waals surface area contributed by atoms with Gasteiger partial charge in [0.1, 0.15) is 5.69 Å². The standard InChI is InChI=1S/C19H17NO4/c1-23-19(22)16(21)12-15-17(13-8-4-2-5-9-13)20-24-18(15)14-10-6-3-7-11-14/h2-11,16,21H,12H2,1H3. The van der Waals surface area contributed by atoms with Crippen molar-refractivity contribution in [3.8, 4) is 22.6 Å². The molecule has 1 atom stereocenters. The van der Waals surface area contributed by atoms with Crippen molar-refractivity contribution in [3.63, 3.8) is 0 Å². The molecule has 5 heteroatoms. The number of aliphatic hydroxyl groups excluding tert-OH is 1. The second-order valence-electron chi connectivity index (χ2n) is 5.31. The molecule has 0 amide bonds. The minimum Gasteiger partial charge on any atom is -0.467 e. The summed E-state index contributed by atoms with van der Waals surface area (Å²) in [6.45, 7) is 0. The number of rotatable bonds is 5. The highest BCUT2D eigenvalue weighted by Crippen LogP contribution is 2.33. The normalized spacial score (nSPS) is 11.9. The monoisotopic (exact) mass is 323 g/mol. The molecular weight excluding hydrogens is 306 g/mol. The number of esters is 1. The number of benzene rings is 2. The average molecular weight is 323 g/mol. The Hall–Kier alpha value is -2.92. The number of aromatic nitrogens is 1. The molecule has 0 spiro atoms. The maximum Gasteiger partial charge on any atom is 0.335 e. The van der Waals surface area contributed by atoms with Gasteiger partial charge in [-0.15, -0.1) is 0 Å². The van der Waals surface area contributed by atoms with Crippen LogP contribution in [0.1, 0.15) is 5.56 Å². The fraction of sp³-hybridized carbons (Fsp3) is 0.158. The third-order valence-electron chi connectivity index (χ3n) is 3.74. The van der Waals surface area contributed by atoms with E-state index in [-0.39, 0.29) is 6.42 Å². The van der Waals surface area contributed by atoms with Crippen LogP contribution in [0.2, 0.25) is 0 Å². The zero-order chi connectivity index (χ0) is 16.9. The molecule has 2 aromatic carbocycles. The average Bonchev–Trinajstić information content (AvgIpc) is 3.06. The minimum atomic E-state index is -1.28. The Morgan fingerprint density at radius 2 is 1.67 bits per heavy atom. The van der Waals surface area contributed by atoms with E-state index in [1.54, 1.807) is 0 Å². The Balaban J connectivity index is 2.07. The van der Waals surface area contributed by atoms with E-state index in [1.165, 1.54) is 7.11 Å². The molecule has 0 fully saturated rings. The van der Waals surface area contributed by atoms with E-state index in [2.05, 4.69) is 9.89 Å². The van der Waals surface area contributed by atoms with Crippen molar-refractivity contribution in [1.29, 1.82) is 0 Å². The van der Waals surface area contributed by atoms with Crippen LogP contribution in [-0.2, 0) is 16.0 Å². The molecule has 0 aliphatic heterocycles. The second kappa shape index (κ2) is 7.10. The first-order valence-corrected chi connectivity index (χ1v) is 7.56. The summed E-state index contributed by atoms with van der Waals surface area (Å²) in [5.41, 5.74) is 2.97. The summed E-state index contributed by atoms with van der Waals surface area (Å²) < 4.78 is 10.1. The van der Waals surface area contributed by atoms with Crippen molar-refractivity contribution in [2.45, 2.75) is 12.5 Å². The van der Waals surface area contributed by atoms with Gasteiger partial charge in [0.2, 0.25) is 0 Å². The van der Waals surface area contributed by atoms with E-state index in [0.29, 0.717) is 17.0 Å². The van der Waals surface area contributed by atoms with Gasteiger partial charge in [0.25, 0.3) is 0 Å². The van der Waals surface area contributed by atoms with Gasteiger partial charge in [-0.05, 0) is 0 Å². The summed E-state index contributed by atoms with van der Waals surface area (Å²) in [7, 11) is 1.25. The van der Waals surface area contributed by atoms with Crippen LogP contribution in [0.3, 0.4) is 0 Å². The first kappa shape index (κ1) is 16.0. The Morgan fingerprint density at radius 3 is 2.25 bits per heavy atom. The lowest BCUT2D eigenvalue weighted by molar-refractivity contribution is -0.150. The largest absolute Gasteiger partial charge is 0.467 e. The molecule has 0 saturated carbocycles. The molecule has 1 aromatic heterocycles. The second-order valence-corrected chi connectivity index (χ2v) is 5.31. The fourth-order valence-corrected chi connectivity index (χ4v) is 2.55. The molecular formula is C19H17NO4. The highest BCUT2D eigenvalue weighted by atomic mass is 16.5. The lowest BCUT2D eigenvalue weighted by Gasteiger charge is -2.09. The van der Waals surface area contributed by atoms with Crippen molar-refractivity contribution in [1.82, 2.24) is 5.16 Å². The van der Waals surface area contributed by atoms with Crippen LogP contribution in [0.25, 0.3) is 22.6 Å². The topological polar surface area (TPSA) is 72.6 Å². The molecule has 3 rings (SSSR count). The number of carbonyl (C=O) groups is 1. The third-order valence-corrected chi connectivity index (χ3v) is 3.74. The number of hydrogen-bond donors (Lipinski definition) is 1. The lowest BCUT2D eigenvalue weighted by Crippen LogP contribution is -2.24. The molecule has 3 aromatic rings. The van der Waals surface area contributed by atoms with Crippen LogP contribution < -0.4 is 0 Å². The molecule has 1 heterocycles. The van der Waals surface area contributed by atoms with Gasteiger partial charge in [-0.3, -0.25) is 0 Å². The van der Waals surface area contributed by atoms with E-state index in [0.717, 1.165) is 11.1 Å². The van der Waals surface area contributed by atoms with Crippen LogP contribution in [0.4, 0.5) is 0 Å². The Kier molecular flexibility index (Phi) is 4.72. The van der Waals surface area contributed by atoms with E-state index in [1.807, 2.05) is 60.7 Å². The zero-order valence-electron chi connectivity index (χ0n) is 13.2. The number of aliphatic hydroxyl groups is 1. The molecule has 5 nitrogen and oxygen atoms in total. The molecule has 0 radical (unpaired) electrons. The Labute approximate surface area is 139 Å². The quantitative estimate of drug-likeness (QED) is 0.731. The van der Waals surface area contributed by atoms with Crippen molar-refractivity contribution in [2.24, 2.45) is 0 Å². The van der Waals surface area contributed by atoms with Gasteiger partial charge in [-0.2, -0.15) is 0 Å². The number of ether oxygens (including phenoxy) is 1. The molecule has 0 aliphatic carbocycles. The number of methoxy groups -OCH3 is 1. The van der Waals surface area contributed by atoms with Crippen molar-refractivity contribution in [3.05, 3.63) is 66.2 Å². The van der Waals surface area contributed by atoms with Crippen LogP contribution in [0.15, 0.2) is 65.2 Å². The Bertz CT molecular complexity index is 755. The molecule has 122 valence electrons. The SMILES string of the molecule is COC(=O)C(O)Cc1c(-c2ccccc2)noc1-c1ccccc1. The summed E-state index contributed by atoms with van der Waals surface area (Å²) in [5, 5.41) is 14.3. The van der Waals surface area contributed by atoms with Gasteiger partial charge >= 0.3 is 5.97 Å². The highest BCUT2D eigenvalue weighted by Gasteiger charge is 2.25. The summed E-state index contributed by atoms with van der Waals surface area (Å²) in [6, 6.07) is 19.0.